The van der Waals surface area contributed by atoms with Crippen molar-refractivity contribution in [3.05, 3.63) is 29.8 Å². The average molecular weight is 510 g/mol. The Kier molecular flexibility index (Phi) is 11.8. The Hall–Kier alpha value is -3.71. The number of primary amides is 1. The molecule has 0 aliphatic rings. The minimum Gasteiger partial charge on any atom is -0.508 e. The monoisotopic (exact) mass is 509 g/mol. The van der Waals surface area contributed by atoms with Crippen molar-refractivity contribution in [3.63, 3.8) is 0 Å². The zero-order valence-corrected chi connectivity index (χ0v) is 20.4. The van der Waals surface area contributed by atoms with Crippen molar-refractivity contribution in [2.24, 2.45) is 17.4 Å². The highest BCUT2D eigenvalue weighted by Crippen LogP contribution is 2.12. The summed E-state index contributed by atoms with van der Waals surface area (Å²) in [5, 5.41) is 36.1. The normalized spacial score (nSPS) is 15.2. The molecule has 0 fully saturated rings. The van der Waals surface area contributed by atoms with E-state index >= 15 is 0 Å². The van der Waals surface area contributed by atoms with Crippen molar-refractivity contribution in [1.82, 2.24) is 16.0 Å². The maximum absolute atomic E-state index is 13.0. The van der Waals surface area contributed by atoms with E-state index in [2.05, 4.69) is 16.0 Å². The number of aliphatic hydroxyl groups excluding tert-OH is 1. The minimum absolute atomic E-state index is 0.00436. The van der Waals surface area contributed by atoms with E-state index in [1.165, 1.54) is 31.2 Å². The molecule has 5 unspecified atom stereocenters. The van der Waals surface area contributed by atoms with E-state index in [4.69, 9.17) is 11.5 Å². The maximum atomic E-state index is 13.0. The first-order valence-electron chi connectivity index (χ1n) is 11.3. The van der Waals surface area contributed by atoms with Crippen LogP contribution in [-0.2, 0) is 30.4 Å². The van der Waals surface area contributed by atoms with Crippen molar-refractivity contribution in [3.8, 4) is 5.75 Å². The number of nitrogens with two attached hydrogens (primary N) is 2. The first-order chi connectivity index (χ1) is 16.7. The van der Waals surface area contributed by atoms with Gasteiger partial charge in [0.15, 0.2) is 0 Å². The molecule has 10 N–H and O–H groups in total. The van der Waals surface area contributed by atoms with Gasteiger partial charge in [-0.05, 0) is 37.0 Å². The molecule has 13 heteroatoms. The Morgan fingerprint density at radius 3 is 1.92 bits per heavy atom. The predicted octanol–water partition coefficient (Wildman–Crippen LogP) is -1.90. The second kappa shape index (κ2) is 14.0. The Bertz CT molecular complexity index is 935. The molecule has 13 nitrogen and oxygen atoms in total. The van der Waals surface area contributed by atoms with E-state index in [0.717, 1.165) is 0 Å². The summed E-state index contributed by atoms with van der Waals surface area (Å²) in [4.78, 5) is 60.8. The molecule has 36 heavy (non-hydrogen) atoms. The van der Waals surface area contributed by atoms with Crippen LogP contribution in [0.3, 0.4) is 0 Å². The van der Waals surface area contributed by atoms with Crippen LogP contribution in [0.4, 0.5) is 0 Å². The van der Waals surface area contributed by atoms with Crippen molar-refractivity contribution in [2.75, 3.05) is 0 Å². The molecule has 0 aliphatic carbocycles. The minimum atomic E-state index is -1.51. The highest BCUT2D eigenvalue weighted by molar-refractivity contribution is 5.95. The number of aromatic hydroxyl groups is 1. The third kappa shape index (κ3) is 10.3. The van der Waals surface area contributed by atoms with Gasteiger partial charge in [-0.25, -0.2) is 4.79 Å². The topological polar surface area (TPSA) is 234 Å². The average Bonchev–Trinajstić information content (AvgIpc) is 2.76. The number of rotatable bonds is 14. The number of hydrogen-bond acceptors (Lipinski definition) is 8. The van der Waals surface area contributed by atoms with Crippen LogP contribution >= 0.6 is 0 Å². The predicted molar refractivity (Wildman–Crippen MR) is 128 cm³/mol. The van der Waals surface area contributed by atoms with Gasteiger partial charge in [0.25, 0.3) is 0 Å². The molecule has 1 aromatic carbocycles. The second-order valence-electron chi connectivity index (χ2n) is 8.96. The van der Waals surface area contributed by atoms with Crippen LogP contribution < -0.4 is 27.4 Å². The quantitative estimate of drug-likeness (QED) is 0.140. The third-order valence-corrected chi connectivity index (χ3v) is 5.15. The molecule has 1 aromatic rings. The van der Waals surface area contributed by atoms with Gasteiger partial charge in [-0.2, -0.15) is 0 Å². The molecule has 200 valence electrons. The Morgan fingerprint density at radius 1 is 0.889 bits per heavy atom. The van der Waals surface area contributed by atoms with Gasteiger partial charge in [0.05, 0.1) is 18.6 Å². The first kappa shape index (κ1) is 30.3. The molecule has 0 aliphatic heterocycles. The summed E-state index contributed by atoms with van der Waals surface area (Å²) >= 11 is 0. The van der Waals surface area contributed by atoms with Crippen LogP contribution in [0.5, 0.6) is 5.75 Å². The first-order valence-corrected chi connectivity index (χ1v) is 11.3. The summed E-state index contributed by atoms with van der Waals surface area (Å²) in [6, 6.07) is 0.445. The lowest BCUT2D eigenvalue weighted by molar-refractivity contribution is -0.142. The molecular weight excluding hydrogens is 474 g/mol. The van der Waals surface area contributed by atoms with E-state index in [1.54, 1.807) is 13.8 Å². The number of aliphatic carboxylic acids is 1. The summed E-state index contributed by atoms with van der Waals surface area (Å²) in [5.41, 5.74) is 11.1. The standard InChI is InChI=1S/C23H35N5O8/c1-11(2)8-16(21(33)27-17(23(35)36)9-13-4-6-14(30)7-5-13)26-22(34)19(12(3)29)28-20(32)15(24)10-18(25)31/h4-7,11-12,15-17,19,29-30H,8-10,24H2,1-3H3,(H2,25,31)(H,26,34)(H,27,33)(H,28,32)(H,35,36). The number of aliphatic hydroxyl groups is 1. The molecule has 1 rings (SSSR count). The summed E-state index contributed by atoms with van der Waals surface area (Å²) in [6.07, 6.45) is -1.81. The zero-order valence-electron chi connectivity index (χ0n) is 20.4. The molecule has 0 saturated heterocycles. The fraction of sp³-hybridized carbons (Fsp3) is 0.522. The number of carbonyl (C=O) groups is 5. The lowest BCUT2D eigenvalue weighted by Crippen LogP contribution is -2.60. The van der Waals surface area contributed by atoms with Crippen molar-refractivity contribution in [2.45, 2.75) is 70.3 Å². The fourth-order valence-electron chi connectivity index (χ4n) is 3.28. The molecular formula is C23H35N5O8. The lowest BCUT2D eigenvalue weighted by Gasteiger charge is -2.27. The number of hydrogen-bond donors (Lipinski definition) is 8. The van der Waals surface area contributed by atoms with Gasteiger partial charge in [0.1, 0.15) is 23.9 Å². The highest BCUT2D eigenvalue weighted by Gasteiger charge is 2.33. The van der Waals surface area contributed by atoms with E-state index < -0.39 is 66.3 Å². The van der Waals surface area contributed by atoms with Gasteiger partial charge in [-0.15, -0.1) is 0 Å². The third-order valence-electron chi connectivity index (χ3n) is 5.15. The van der Waals surface area contributed by atoms with Crippen molar-refractivity contribution in [1.29, 1.82) is 0 Å². The van der Waals surface area contributed by atoms with Crippen LogP contribution in [0.15, 0.2) is 24.3 Å². The molecule has 0 radical (unpaired) electrons. The number of carboxylic acid groups (broad SMARTS) is 1. The fourth-order valence-corrected chi connectivity index (χ4v) is 3.28. The number of carbonyl (C=O) groups excluding carboxylic acids is 4. The van der Waals surface area contributed by atoms with Crippen LogP contribution in [0.2, 0.25) is 0 Å². The van der Waals surface area contributed by atoms with Crippen molar-refractivity contribution >= 4 is 29.6 Å². The van der Waals surface area contributed by atoms with E-state index in [1.807, 2.05) is 0 Å². The molecule has 0 aromatic heterocycles. The number of nitrogens with one attached hydrogen (secondary N) is 3. The summed E-state index contributed by atoms with van der Waals surface area (Å²) in [6.45, 7) is 4.81. The SMILES string of the molecule is CC(C)CC(NC(=O)C(NC(=O)C(N)CC(N)=O)C(C)O)C(=O)NC(Cc1ccc(O)cc1)C(=O)O. The Balaban J connectivity index is 2.99. The maximum Gasteiger partial charge on any atom is 0.326 e. The largest absolute Gasteiger partial charge is 0.508 e. The highest BCUT2D eigenvalue weighted by atomic mass is 16.4. The van der Waals surface area contributed by atoms with E-state index in [-0.39, 0.29) is 24.5 Å². The molecule has 0 spiro atoms. The molecule has 4 amide bonds. The summed E-state index contributed by atoms with van der Waals surface area (Å²) < 4.78 is 0. The van der Waals surface area contributed by atoms with E-state index in [0.29, 0.717) is 5.56 Å². The van der Waals surface area contributed by atoms with Crippen LogP contribution in [0.1, 0.15) is 39.2 Å². The zero-order chi connectivity index (χ0) is 27.6. The number of benzene rings is 1. The Morgan fingerprint density at radius 2 is 1.44 bits per heavy atom. The van der Waals surface area contributed by atoms with Crippen molar-refractivity contribution < 1.29 is 39.3 Å². The van der Waals surface area contributed by atoms with Gasteiger partial charge in [0, 0.05) is 6.42 Å². The van der Waals surface area contributed by atoms with Gasteiger partial charge in [-0.1, -0.05) is 26.0 Å². The smallest absolute Gasteiger partial charge is 0.326 e. The number of carboxylic acids is 1. The van der Waals surface area contributed by atoms with Gasteiger partial charge < -0.3 is 42.7 Å². The summed E-state index contributed by atoms with van der Waals surface area (Å²) in [5.74, 6) is -4.80. The molecule has 0 bridgehead atoms. The lowest BCUT2D eigenvalue weighted by atomic mass is 10.0. The summed E-state index contributed by atoms with van der Waals surface area (Å²) in [7, 11) is 0. The number of phenols is 1. The number of amides is 4. The van der Waals surface area contributed by atoms with Gasteiger partial charge in [0.2, 0.25) is 23.6 Å². The van der Waals surface area contributed by atoms with Crippen LogP contribution in [0.25, 0.3) is 0 Å². The van der Waals surface area contributed by atoms with Gasteiger partial charge >= 0.3 is 5.97 Å². The molecule has 5 atom stereocenters. The van der Waals surface area contributed by atoms with Gasteiger partial charge in [-0.3, -0.25) is 19.2 Å². The van der Waals surface area contributed by atoms with Crippen LogP contribution in [0, 0.1) is 5.92 Å². The molecule has 0 saturated carbocycles. The van der Waals surface area contributed by atoms with E-state index in [9.17, 15) is 39.3 Å². The second-order valence-corrected chi connectivity index (χ2v) is 8.96. The van der Waals surface area contributed by atoms with Crippen LogP contribution in [-0.4, -0.2) is 75.2 Å². The Labute approximate surface area is 208 Å². The number of phenolic OH excluding ortho intramolecular Hbond substituents is 1. The molecule has 0 heterocycles.